The molecule has 0 radical (unpaired) electrons. The molecule has 2 atom stereocenters. The fourth-order valence-electron chi connectivity index (χ4n) is 5.90. The summed E-state index contributed by atoms with van der Waals surface area (Å²) in [6.45, 7) is 8.46. The topological polar surface area (TPSA) is 90.5 Å². The van der Waals surface area contributed by atoms with Crippen LogP contribution in [-0.2, 0) is 13.0 Å². The molecule has 46 heavy (non-hydrogen) atoms. The third-order valence-electron chi connectivity index (χ3n) is 8.52. The minimum absolute atomic E-state index is 0.0297. The number of hydrogen-bond donors (Lipinski definition) is 2. The standard InChI is InChI=1S/C37H46N6O2S/c1-25(2)31-16-28(22-39-23-31)21-38-14-13-32(17-27-10-7-6-8-11-27)41-35(44)29-18-30(20-33(19-29)42(4)5)37(45)43-15-9-12-34(43)36-40-26(3)24-46-36/h6-8,10-11,16,18-20,22-25,32,34,38H,9,12-15,17,21H2,1-5H3,(H,41,44)/t32-,34-/m1/s1. The maximum atomic E-state index is 13.9. The molecule has 0 spiro atoms. The Bertz CT molecular complexity index is 1620. The lowest BCUT2D eigenvalue weighted by molar-refractivity contribution is 0.0735. The van der Waals surface area contributed by atoms with Crippen molar-refractivity contribution in [3.8, 4) is 0 Å². The highest BCUT2D eigenvalue weighted by atomic mass is 32.1. The van der Waals surface area contributed by atoms with E-state index in [-0.39, 0.29) is 23.9 Å². The number of aromatic nitrogens is 2. The Morgan fingerprint density at radius 1 is 1.04 bits per heavy atom. The highest BCUT2D eigenvalue weighted by Gasteiger charge is 2.33. The summed E-state index contributed by atoms with van der Waals surface area (Å²) < 4.78 is 0. The molecule has 2 aromatic carbocycles. The highest BCUT2D eigenvalue weighted by Crippen LogP contribution is 2.35. The van der Waals surface area contributed by atoms with Gasteiger partial charge < -0.3 is 20.4 Å². The van der Waals surface area contributed by atoms with Crippen molar-refractivity contribution < 1.29 is 9.59 Å². The van der Waals surface area contributed by atoms with Gasteiger partial charge >= 0.3 is 0 Å². The van der Waals surface area contributed by atoms with Gasteiger partial charge in [0, 0.05) is 73.5 Å². The van der Waals surface area contributed by atoms with Crippen LogP contribution in [0.25, 0.3) is 0 Å². The minimum atomic E-state index is -0.180. The zero-order valence-corrected chi connectivity index (χ0v) is 28.4. The predicted molar refractivity (Wildman–Crippen MR) is 187 cm³/mol. The van der Waals surface area contributed by atoms with E-state index in [0.717, 1.165) is 53.3 Å². The Kier molecular flexibility index (Phi) is 11.2. The molecule has 242 valence electrons. The maximum absolute atomic E-state index is 13.9. The first kappa shape index (κ1) is 33.3. The number of aryl methyl sites for hydroxylation is 1. The van der Waals surface area contributed by atoms with Crippen LogP contribution in [0.15, 0.2) is 72.4 Å². The van der Waals surface area contributed by atoms with Crippen molar-refractivity contribution in [2.45, 2.75) is 71.0 Å². The fourth-order valence-corrected chi connectivity index (χ4v) is 6.85. The van der Waals surface area contributed by atoms with E-state index in [0.29, 0.717) is 36.6 Å². The lowest BCUT2D eigenvalue weighted by Crippen LogP contribution is -2.39. The van der Waals surface area contributed by atoms with Gasteiger partial charge in [-0.2, -0.15) is 0 Å². The average molecular weight is 639 g/mol. The summed E-state index contributed by atoms with van der Waals surface area (Å²) in [5.74, 6) is 0.189. The summed E-state index contributed by atoms with van der Waals surface area (Å²) in [5.41, 5.74) is 6.34. The van der Waals surface area contributed by atoms with Crippen LogP contribution in [-0.4, -0.2) is 59.9 Å². The number of thiazole rings is 1. The van der Waals surface area contributed by atoms with Crippen LogP contribution in [0, 0.1) is 6.92 Å². The van der Waals surface area contributed by atoms with Gasteiger partial charge in [-0.25, -0.2) is 4.98 Å². The number of anilines is 1. The van der Waals surface area contributed by atoms with E-state index >= 15 is 0 Å². The van der Waals surface area contributed by atoms with Gasteiger partial charge in [-0.05, 0) is 80.0 Å². The van der Waals surface area contributed by atoms with E-state index < -0.39 is 0 Å². The summed E-state index contributed by atoms with van der Waals surface area (Å²) in [6, 6.07) is 17.8. The molecule has 0 bridgehead atoms. The molecule has 0 aliphatic carbocycles. The third kappa shape index (κ3) is 8.59. The van der Waals surface area contributed by atoms with E-state index in [9.17, 15) is 9.59 Å². The van der Waals surface area contributed by atoms with Crippen LogP contribution in [0.1, 0.15) is 93.2 Å². The van der Waals surface area contributed by atoms with Gasteiger partial charge in [0.05, 0.1) is 6.04 Å². The van der Waals surface area contributed by atoms with Crippen molar-refractivity contribution >= 4 is 28.8 Å². The van der Waals surface area contributed by atoms with Crippen LogP contribution in [0.2, 0.25) is 0 Å². The summed E-state index contributed by atoms with van der Waals surface area (Å²) in [6.07, 6.45) is 7.12. The SMILES string of the molecule is Cc1csc([C@H]2CCCN2C(=O)c2cc(C(=O)N[C@H](CCNCc3cncc(C(C)C)c3)Cc3ccccc3)cc(N(C)C)c2)n1. The molecular weight excluding hydrogens is 593 g/mol. The van der Waals surface area contributed by atoms with E-state index in [1.54, 1.807) is 17.4 Å². The van der Waals surface area contributed by atoms with Gasteiger partial charge in [0.1, 0.15) is 5.01 Å². The number of pyridine rings is 1. The van der Waals surface area contributed by atoms with Crippen molar-refractivity contribution in [3.05, 3.63) is 111 Å². The third-order valence-corrected chi connectivity index (χ3v) is 9.58. The second-order valence-corrected chi connectivity index (χ2v) is 13.6. The number of carbonyl (C=O) groups excluding carboxylic acids is 2. The Morgan fingerprint density at radius 3 is 2.54 bits per heavy atom. The first-order valence-electron chi connectivity index (χ1n) is 16.2. The molecule has 1 fully saturated rings. The summed E-state index contributed by atoms with van der Waals surface area (Å²) in [7, 11) is 3.86. The van der Waals surface area contributed by atoms with Gasteiger partial charge in [0.25, 0.3) is 11.8 Å². The molecule has 2 aromatic heterocycles. The molecule has 1 saturated heterocycles. The molecule has 3 heterocycles. The van der Waals surface area contributed by atoms with Crippen LogP contribution in [0.4, 0.5) is 5.69 Å². The summed E-state index contributed by atoms with van der Waals surface area (Å²) >= 11 is 1.61. The quantitative estimate of drug-likeness (QED) is 0.162. The zero-order chi connectivity index (χ0) is 32.6. The number of nitrogens with one attached hydrogen (secondary N) is 2. The number of benzene rings is 2. The molecule has 1 aliphatic heterocycles. The number of rotatable bonds is 13. The Balaban J connectivity index is 1.31. The van der Waals surface area contributed by atoms with Crippen LogP contribution < -0.4 is 15.5 Å². The van der Waals surface area contributed by atoms with E-state index in [1.807, 2.05) is 78.9 Å². The number of carbonyl (C=O) groups is 2. The first-order valence-corrected chi connectivity index (χ1v) is 17.1. The molecule has 4 aromatic rings. The minimum Gasteiger partial charge on any atom is -0.378 e. The smallest absolute Gasteiger partial charge is 0.254 e. The second-order valence-electron chi connectivity index (χ2n) is 12.8. The van der Waals surface area contributed by atoms with Crippen LogP contribution >= 0.6 is 11.3 Å². The molecule has 0 unspecified atom stereocenters. The second kappa shape index (κ2) is 15.5. The van der Waals surface area contributed by atoms with Crippen LogP contribution in [0.3, 0.4) is 0 Å². The molecule has 5 rings (SSSR count). The monoisotopic (exact) mass is 638 g/mol. The Hall–Kier alpha value is -4.08. The predicted octanol–water partition coefficient (Wildman–Crippen LogP) is 6.53. The Labute approximate surface area is 277 Å². The molecule has 1 aliphatic rings. The van der Waals surface area contributed by atoms with Crippen molar-refractivity contribution in [2.75, 3.05) is 32.1 Å². The highest BCUT2D eigenvalue weighted by molar-refractivity contribution is 7.09. The maximum Gasteiger partial charge on any atom is 0.254 e. The molecule has 8 nitrogen and oxygen atoms in total. The molecule has 2 amide bonds. The molecule has 2 N–H and O–H groups in total. The number of likely N-dealkylation sites (tertiary alicyclic amines) is 1. The average Bonchev–Trinajstić information content (AvgIpc) is 3.72. The van der Waals surface area contributed by atoms with Gasteiger partial charge in [-0.1, -0.05) is 50.2 Å². The van der Waals surface area contributed by atoms with Crippen molar-refractivity contribution in [2.24, 2.45) is 0 Å². The molecular formula is C37H46N6O2S. The van der Waals surface area contributed by atoms with Gasteiger partial charge in [-0.15, -0.1) is 11.3 Å². The van der Waals surface area contributed by atoms with E-state index in [2.05, 4.69) is 52.6 Å². The number of nitrogens with zero attached hydrogens (tertiary/aromatic N) is 4. The molecule has 9 heteroatoms. The van der Waals surface area contributed by atoms with E-state index in [1.165, 1.54) is 5.56 Å². The Morgan fingerprint density at radius 2 is 1.83 bits per heavy atom. The van der Waals surface area contributed by atoms with Gasteiger partial charge in [-0.3, -0.25) is 14.6 Å². The first-order chi connectivity index (χ1) is 22.2. The van der Waals surface area contributed by atoms with Crippen molar-refractivity contribution in [3.63, 3.8) is 0 Å². The van der Waals surface area contributed by atoms with Crippen molar-refractivity contribution in [1.82, 2.24) is 25.5 Å². The van der Waals surface area contributed by atoms with Crippen molar-refractivity contribution in [1.29, 1.82) is 0 Å². The summed E-state index contributed by atoms with van der Waals surface area (Å²) in [4.78, 5) is 40.8. The largest absolute Gasteiger partial charge is 0.378 e. The van der Waals surface area contributed by atoms with Crippen LogP contribution in [0.5, 0.6) is 0 Å². The number of hydrogen-bond acceptors (Lipinski definition) is 7. The normalized spacial score (nSPS) is 15.3. The number of amides is 2. The lowest BCUT2D eigenvalue weighted by Gasteiger charge is -2.25. The lowest BCUT2D eigenvalue weighted by atomic mass is 10.0. The van der Waals surface area contributed by atoms with Gasteiger partial charge in [0.15, 0.2) is 0 Å². The van der Waals surface area contributed by atoms with Gasteiger partial charge in [0.2, 0.25) is 0 Å². The van der Waals surface area contributed by atoms with E-state index in [4.69, 9.17) is 0 Å². The zero-order valence-electron chi connectivity index (χ0n) is 27.6. The fraction of sp³-hybridized carbons (Fsp3) is 0.405. The summed E-state index contributed by atoms with van der Waals surface area (Å²) in [5, 5.41) is 9.86. The molecule has 0 saturated carbocycles.